The topological polar surface area (TPSA) is 47.6 Å². The fourth-order valence-electron chi connectivity index (χ4n) is 2.35. The van der Waals surface area contributed by atoms with Gasteiger partial charge in [-0.2, -0.15) is 0 Å². The second-order valence-electron chi connectivity index (χ2n) is 5.17. The molecule has 6 heteroatoms. The summed E-state index contributed by atoms with van der Waals surface area (Å²) in [6, 6.07) is 11.2. The quantitative estimate of drug-likeness (QED) is 0.734. The maximum absolute atomic E-state index is 12.1. The molecular formula is C18H19BrClNO3. The monoisotopic (exact) mass is 411 g/mol. The van der Waals surface area contributed by atoms with Crippen molar-refractivity contribution >= 4 is 33.4 Å². The van der Waals surface area contributed by atoms with Crippen molar-refractivity contribution in [2.24, 2.45) is 0 Å². The number of para-hydroxylation sites is 1. The molecule has 4 nitrogen and oxygen atoms in total. The molecule has 24 heavy (non-hydrogen) atoms. The molecule has 0 aliphatic carbocycles. The first-order valence-electron chi connectivity index (χ1n) is 7.45. The highest BCUT2D eigenvalue weighted by Gasteiger charge is 2.11. The largest absolute Gasteiger partial charge is 0.493 e. The summed E-state index contributed by atoms with van der Waals surface area (Å²) in [4.78, 5) is 12.1. The van der Waals surface area contributed by atoms with Gasteiger partial charge in [-0.25, -0.2) is 0 Å². The summed E-state index contributed by atoms with van der Waals surface area (Å²) >= 11 is 9.51. The van der Waals surface area contributed by atoms with Gasteiger partial charge in [-0.3, -0.25) is 4.79 Å². The molecule has 0 bridgehead atoms. The normalized spacial score (nSPS) is 10.3. The predicted octanol–water partition coefficient (Wildman–Crippen LogP) is 4.37. The smallest absolute Gasteiger partial charge is 0.220 e. The minimum absolute atomic E-state index is 0.0427. The van der Waals surface area contributed by atoms with Gasteiger partial charge in [-0.05, 0) is 35.7 Å². The maximum atomic E-state index is 12.1. The van der Waals surface area contributed by atoms with E-state index in [1.807, 2.05) is 36.4 Å². The molecule has 2 aromatic rings. The molecule has 0 fully saturated rings. The Hall–Kier alpha value is -1.72. The van der Waals surface area contributed by atoms with Crippen LogP contribution in [-0.4, -0.2) is 20.1 Å². The summed E-state index contributed by atoms with van der Waals surface area (Å²) in [6.45, 7) is 0.403. The van der Waals surface area contributed by atoms with Crippen LogP contribution in [0.5, 0.6) is 11.5 Å². The van der Waals surface area contributed by atoms with Crippen molar-refractivity contribution in [3.05, 3.63) is 57.0 Å². The summed E-state index contributed by atoms with van der Waals surface area (Å²) in [5.74, 6) is 1.29. The molecule has 128 valence electrons. The number of hydrogen-bond donors (Lipinski definition) is 1. The van der Waals surface area contributed by atoms with E-state index in [4.69, 9.17) is 21.1 Å². The summed E-state index contributed by atoms with van der Waals surface area (Å²) in [5, 5.41) is 3.51. The fraction of sp³-hybridized carbons (Fsp3) is 0.278. The average molecular weight is 413 g/mol. The SMILES string of the molecule is COc1cccc(CCC(=O)NCc2ccc(Br)cc2Cl)c1OC. The third kappa shape index (κ3) is 4.89. The summed E-state index contributed by atoms with van der Waals surface area (Å²) < 4.78 is 11.6. The molecule has 1 amide bonds. The van der Waals surface area contributed by atoms with Crippen LogP contribution < -0.4 is 14.8 Å². The molecule has 0 saturated carbocycles. The molecule has 0 aromatic heterocycles. The second-order valence-corrected chi connectivity index (χ2v) is 6.49. The lowest BCUT2D eigenvalue weighted by Gasteiger charge is -2.12. The van der Waals surface area contributed by atoms with Gasteiger partial charge in [0.05, 0.1) is 14.2 Å². The molecule has 0 radical (unpaired) electrons. The number of aryl methyl sites for hydroxylation is 1. The van der Waals surface area contributed by atoms with Gasteiger partial charge in [-0.1, -0.05) is 45.7 Å². The molecule has 0 saturated heterocycles. The molecule has 0 spiro atoms. The number of amides is 1. The van der Waals surface area contributed by atoms with Crippen molar-refractivity contribution in [2.45, 2.75) is 19.4 Å². The van der Waals surface area contributed by atoms with E-state index < -0.39 is 0 Å². The Morgan fingerprint density at radius 1 is 1.17 bits per heavy atom. The van der Waals surface area contributed by atoms with Crippen LogP contribution in [-0.2, 0) is 17.8 Å². The molecular weight excluding hydrogens is 394 g/mol. The van der Waals surface area contributed by atoms with E-state index in [1.165, 1.54) is 0 Å². The van der Waals surface area contributed by atoms with Gasteiger partial charge in [0, 0.05) is 22.5 Å². The highest BCUT2D eigenvalue weighted by atomic mass is 79.9. The van der Waals surface area contributed by atoms with Gasteiger partial charge in [0.1, 0.15) is 0 Å². The number of carbonyl (C=O) groups excluding carboxylic acids is 1. The van der Waals surface area contributed by atoms with E-state index in [1.54, 1.807) is 14.2 Å². The minimum Gasteiger partial charge on any atom is -0.493 e. The molecule has 2 rings (SSSR count). The van der Waals surface area contributed by atoms with Gasteiger partial charge in [0.15, 0.2) is 11.5 Å². The third-order valence-electron chi connectivity index (χ3n) is 3.60. The van der Waals surface area contributed by atoms with E-state index in [0.717, 1.165) is 15.6 Å². The zero-order chi connectivity index (χ0) is 17.5. The van der Waals surface area contributed by atoms with Crippen LogP contribution in [0, 0.1) is 0 Å². The lowest BCUT2D eigenvalue weighted by Crippen LogP contribution is -2.23. The van der Waals surface area contributed by atoms with Crippen LogP contribution in [0.25, 0.3) is 0 Å². The summed E-state index contributed by atoms with van der Waals surface area (Å²) in [6.07, 6.45) is 0.929. The first kappa shape index (κ1) is 18.6. The third-order valence-corrected chi connectivity index (χ3v) is 4.44. The number of nitrogens with one attached hydrogen (secondary N) is 1. The summed E-state index contributed by atoms with van der Waals surface area (Å²) in [5.41, 5.74) is 1.82. The van der Waals surface area contributed by atoms with E-state index in [2.05, 4.69) is 21.2 Å². The highest BCUT2D eigenvalue weighted by Crippen LogP contribution is 2.31. The van der Waals surface area contributed by atoms with Gasteiger partial charge >= 0.3 is 0 Å². The van der Waals surface area contributed by atoms with Gasteiger partial charge in [0.2, 0.25) is 5.91 Å². The lowest BCUT2D eigenvalue weighted by molar-refractivity contribution is -0.121. The van der Waals surface area contributed by atoms with E-state index in [0.29, 0.717) is 35.9 Å². The number of halogens is 2. The number of methoxy groups -OCH3 is 2. The van der Waals surface area contributed by atoms with E-state index in [-0.39, 0.29) is 5.91 Å². The highest BCUT2D eigenvalue weighted by molar-refractivity contribution is 9.10. The fourth-order valence-corrected chi connectivity index (χ4v) is 3.09. The number of carbonyl (C=O) groups is 1. The van der Waals surface area contributed by atoms with Crippen molar-refractivity contribution in [3.8, 4) is 11.5 Å². The van der Waals surface area contributed by atoms with Crippen molar-refractivity contribution in [1.82, 2.24) is 5.32 Å². The average Bonchev–Trinajstić information content (AvgIpc) is 2.58. The Morgan fingerprint density at radius 2 is 1.96 bits per heavy atom. The Morgan fingerprint density at radius 3 is 2.62 bits per heavy atom. The predicted molar refractivity (Wildman–Crippen MR) is 98.9 cm³/mol. The van der Waals surface area contributed by atoms with Crippen LogP contribution >= 0.6 is 27.5 Å². The first-order chi connectivity index (χ1) is 11.5. The molecule has 0 heterocycles. The number of ether oxygens (including phenoxy) is 2. The lowest BCUT2D eigenvalue weighted by atomic mass is 10.1. The van der Waals surface area contributed by atoms with Crippen LogP contribution in [0.4, 0.5) is 0 Å². The molecule has 2 aromatic carbocycles. The van der Waals surface area contributed by atoms with Crippen LogP contribution in [0.3, 0.4) is 0 Å². The van der Waals surface area contributed by atoms with Crippen molar-refractivity contribution in [2.75, 3.05) is 14.2 Å². The Labute approximate surface area is 155 Å². The van der Waals surface area contributed by atoms with Crippen LogP contribution in [0.2, 0.25) is 5.02 Å². The maximum Gasteiger partial charge on any atom is 0.220 e. The molecule has 0 atom stereocenters. The minimum atomic E-state index is -0.0427. The van der Waals surface area contributed by atoms with Crippen molar-refractivity contribution < 1.29 is 14.3 Å². The number of hydrogen-bond acceptors (Lipinski definition) is 3. The van der Waals surface area contributed by atoms with Crippen molar-refractivity contribution in [1.29, 1.82) is 0 Å². The molecule has 0 aliphatic heterocycles. The Balaban J connectivity index is 1.92. The molecule has 0 unspecified atom stereocenters. The zero-order valence-electron chi connectivity index (χ0n) is 13.6. The summed E-state index contributed by atoms with van der Waals surface area (Å²) in [7, 11) is 3.19. The zero-order valence-corrected chi connectivity index (χ0v) is 15.9. The molecule has 1 N–H and O–H groups in total. The van der Waals surface area contributed by atoms with Gasteiger partial charge in [-0.15, -0.1) is 0 Å². The Bertz CT molecular complexity index is 721. The van der Waals surface area contributed by atoms with Crippen molar-refractivity contribution in [3.63, 3.8) is 0 Å². The van der Waals surface area contributed by atoms with Gasteiger partial charge < -0.3 is 14.8 Å². The number of benzene rings is 2. The molecule has 0 aliphatic rings. The first-order valence-corrected chi connectivity index (χ1v) is 8.62. The second kappa shape index (κ2) is 8.94. The Kier molecular flexibility index (Phi) is 6.94. The van der Waals surface area contributed by atoms with Crippen LogP contribution in [0.1, 0.15) is 17.5 Å². The number of rotatable bonds is 7. The van der Waals surface area contributed by atoms with Crippen LogP contribution in [0.15, 0.2) is 40.9 Å². The van der Waals surface area contributed by atoms with Gasteiger partial charge in [0.25, 0.3) is 0 Å². The van der Waals surface area contributed by atoms with E-state index in [9.17, 15) is 4.79 Å². The standard InChI is InChI=1S/C18H19BrClNO3/c1-23-16-5-3-4-12(18(16)24-2)7-9-17(22)21-11-13-6-8-14(19)10-15(13)20/h3-6,8,10H,7,9,11H2,1-2H3,(H,21,22). The van der Waals surface area contributed by atoms with E-state index >= 15 is 0 Å².